The molecular formula is C9H16N4S. The number of nitrogens with zero attached hydrogens (tertiary/aromatic N) is 3. The Balaban J connectivity index is 1.99. The number of hydrogen-bond acceptors (Lipinski definition) is 4. The van der Waals surface area contributed by atoms with Crippen LogP contribution in [0.4, 0.5) is 5.95 Å². The van der Waals surface area contributed by atoms with Crippen molar-refractivity contribution in [1.29, 1.82) is 0 Å². The second kappa shape index (κ2) is 4.21. The quantitative estimate of drug-likeness (QED) is 0.812. The molecule has 0 aliphatic heterocycles. The van der Waals surface area contributed by atoms with Crippen molar-refractivity contribution in [2.24, 2.45) is 7.05 Å². The molecule has 0 amide bonds. The van der Waals surface area contributed by atoms with Crippen molar-refractivity contribution in [2.45, 2.75) is 42.5 Å². The Hall–Kier alpha value is -0.710. The second-order valence-electron chi connectivity index (χ2n) is 3.78. The third kappa shape index (κ3) is 2.03. The molecule has 2 rings (SSSR count). The van der Waals surface area contributed by atoms with E-state index >= 15 is 0 Å². The van der Waals surface area contributed by atoms with Gasteiger partial charge in [0.05, 0.1) is 0 Å². The monoisotopic (exact) mass is 212 g/mol. The minimum absolute atomic E-state index is 0.503. The Morgan fingerprint density at radius 2 is 2.00 bits per heavy atom. The van der Waals surface area contributed by atoms with Gasteiger partial charge in [-0.05, 0) is 12.8 Å². The summed E-state index contributed by atoms with van der Waals surface area (Å²) in [6.45, 7) is 0. The Morgan fingerprint density at radius 3 is 2.57 bits per heavy atom. The molecule has 2 N–H and O–H groups in total. The predicted molar refractivity (Wildman–Crippen MR) is 58.1 cm³/mol. The van der Waals surface area contributed by atoms with Gasteiger partial charge in [0, 0.05) is 12.3 Å². The number of nitrogens with two attached hydrogens (primary N) is 1. The zero-order valence-corrected chi connectivity index (χ0v) is 9.26. The SMILES string of the molecule is Cn1c(N)nnc1SC1CCCCC1. The van der Waals surface area contributed by atoms with Crippen molar-refractivity contribution >= 4 is 17.7 Å². The standard InChI is InChI=1S/C9H16N4S/c1-13-8(10)11-12-9(13)14-7-5-3-2-4-6-7/h7H,2-6H2,1H3,(H2,10,11). The molecule has 0 aromatic carbocycles. The molecule has 1 fully saturated rings. The summed E-state index contributed by atoms with van der Waals surface area (Å²) < 4.78 is 1.86. The number of hydrogen-bond donors (Lipinski definition) is 1. The summed E-state index contributed by atoms with van der Waals surface area (Å²) >= 11 is 1.82. The maximum atomic E-state index is 5.62. The van der Waals surface area contributed by atoms with Crippen LogP contribution in [0.5, 0.6) is 0 Å². The Morgan fingerprint density at radius 1 is 1.29 bits per heavy atom. The minimum Gasteiger partial charge on any atom is -0.368 e. The minimum atomic E-state index is 0.503. The lowest BCUT2D eigenvalue weighted by Gasteiger charge is -2.19. The van der Waals surface area contributed by atoms with Gasteiger partial charge in [-0.15, -0.1) is 10.2 Å². The fraction of sp³-hybridized carbons (Fsp3) is 0.778. The van der Waals surface area contributed by atoms with Gasteiger partial charge in [-0.25, -0.2) is 0 Å². The molecule has 14 heavy (non-hydrogen) atoms. The fourth-order valence-electron chi connectivity index (χ4n) is 1.76. The molecule has 1 aromatic heterocycles. The van der Waals surface area contributed by atoms with Crippen LogP contribution in [0.25, 0.3) is 0 Å². The van der Waals surface area contributed by atoms with E-state index in [2.05, 4.69) is 10.2 Å². The summed E-state index contributed by atoms with van der Waals surface area (Å²) in [5.74, 6) is 0.503. The van der Waals surface area contributed by atoms with Crippen LogP contribution in [-0.2, 0) is 7.05 Å². The van der Waals surface area contributed by atoms with Gasteiger partial charge in [0.1, 0.15) is 0 Å². The molecule has 1 heterocycles. The van der Waals surface area contributed by atoms with Gasteiger partial charge in [0.2, 0.25) is 5.95 Å². The zero-order chi connectivity index (χ0) is 9.97. The van der Waals surface area contributed by atoms with Gasteiger partial charge in [-0.2, -0.15) is 0 Å². The highest BCUT2D eigenvalue weighted by Gasteiger charge is 2.17. The van der Waals surface area contributed by atoms with Crippen LogP contribution < -0.4 is 5.73 Å². The summed E-state index contributed by atoms with van der Waals surface area (Å²) in [6, 6.07) is 0. The summed E-state index contributed by atoms with van der Waals surface area (Å²) in [7, 11) is 1.92. The fourth-order valence-corrected chi connectivity index (χ4v) is 2.97. The summed E-state index contributed by atoms with van der Waals surface area (Å²) in [4.78, 5) is 0. The van der Waals surface area contributed by atoms with E-state index in [4.69, 9.17) is 5.73 Å². The van der Waals surface area contributed by atoms with E-state index in [0.717, 1.165) is 5.16 Å². The maximum Gasteiger partial charge on any atom is 0.222 e. The third-order valence-corrected chi connectivity index (χ3v) is 4.06. The van der Waals surface area contributed by atoms with Crippen molar-refractivity contribution in [1.82, 2.24) is 14.8 Å². The zero-order valence-electron chi connectivity index (χ0n) is 8.44. The predicted octanol–water partition coefficient (Wildman–Crippen LogP) is 1.82. The molecule has 5 heteroatoms. The number of nitrogen functional groups attached to an aromatic ring is 1. The van der Waals surface area contributed by atoms with E-state index in [-0.39, 0.29) is 0 Å². The topological polar surface area (TPSA) is 56.7 Å². The average molecular weight is 212 g/mol. The van der Waals surface area contributed by atoms with E-state index in [1.807, 2.05) is 23.4 Å². The van der Waals surface area contributed by atoms with E-state index in [9.17, 15) is 0 Å². The number of aromatic nitrogens is 3. The van der Waals surface area contributed by atoms with Crippen molar-refractivity contribution in [2.75, 3.05) is 5.73 Å². The molecule has 0 atom stereocenters. The Labute approximate surface area is 88.3 Å². The van der Waals surface area contributed by atoms with E-state index in [1.165, 1.54) is 32.1 Å². The molecule has 0 spiro atoms. The van der Waals surface area contributed by atoms with Gasteiger partial charge in [0.15, 0.2) is 5.16 Å². The third-order valence-electron chi connectivity index (χ3n) is 2.69. The molecule has 0 unspecified atom stereocenters. The van der Waals surface area contributed by atoms with E-state index in [0.29, 0.717) is 11.2 Å². The lowest BCUT2D eigenvalue weighted by Crippen LogP contribution is -2.09. The molecular weight excluding hydrogens is 196 g/mol. The van der Waals surface area contributed by atoms with E-state index in [1.54, 1.807) is 0 Å². The molecule has 0 bridgehead atoms. The highest BCUT2D eigenvalue weighted by molar-refractivity contribution is 7.99. The van der Waals surface area contributed by atoms with Gasteiger partial charge in [0.25, 0.3) is 0 Å². The van der Waals surface area contributed by atoms with Gasteiger partial charge in [-0.1, -0.05) is 31.0 Å². The first kappa shape index (κ1) is 9.83. The van der Waals surface area contributed by atoms with Crippen LogP contribution in [0.1, 0.15) is 32.1 Å². The highest BCUT2D eigenvalue weighted by atomic mass is 32.2. The van der Waals surface area contributed by atoms with Crippen LogP contribution in [0.2, 0.25) is 0 Å². The maximum absolute atomic E-state index is 5.62. The Kier molecular flexibility index (Phi) is 2.96. The molecule has 1 aliphatic carbocycles. The van der Waals surface area contributed by atoms with Crippen molar-refractivity contribution in [3.8, 4) is 0 Å². The van der Waals surface area contributed by atoms with Gasteiger partial charge in [-0.3, -0.25) is 4.57 Å². The number of thioether (sulfide) groups is 1. The molecule has 1 saturated carbocycles. The Bertz CT molecular complexity index is 304. The summed E-state index contributed by atoms with van der Waals surface area (Å²) in [6.07, 6.45) is 6.70. The van der Waals surface area contributed by atoms with Crippen LogP contribution in [0, 0.1) is 0 Å². The molecule has 1 aliphatic rings. The van der Waals surface area contributed by atoms with Crippen molar-refractivity contribution in [3.63, 3.8) is 0 Å². The summed E-state index contributed by atoms with van der Waals surface area (Å²) in [5, 5.41) is 9.58. The first-order valence-electron chi connectivity index (χ1n) is 5.09. The molecule has 4 nitrogen and oxygen atoms in total. The number of anilines is 1. The average Bonchev–Trinajstić information content (AvgIpc) is 2.52. The van der Waals surface area contributed by atoms with Crippen molar-refractivity contribution in [3.05, 3.63) is 0 Å². The van der Waals surface area contributed by atoms with Crippen molar-refractivity contribution < 1.29 is 0 Å². The first-order valence-corrected chi connectivity index (χ1v) is 5.97. The van der Waals surface area contributed by atoms with Crippen LogP contribution in [-0.4, -0.2) is 20.0 Å². The summed E-state index contributed by atoms with van der Waals surface area (Å²) in [5.41, 5.74) is 5.62. The largest absolute Gasteiger partial charge is 0.368 e. The normalized spacial score (nSPS) is 18.6. The number of rotatable bonds is 2. The highest BCUT2D eigenvalue weighted by Crippen LogP contribution is 2.32. The lowest BCUT2D eigenvalue weighted by molar-refractivity contribution is 0.514. The van der Waals surface area contributed by atoms with Gasteiger partial charge < -0.3 is 5.73 Å². The molecule has 78 valence electrons. The molecule has 0 saturated heterocycles. The van der Waals surface area contributed by atoms with Crippen LogP contribution in [0.15, 0.2) is 5.16 Å². The lowest BCUT2D eigenvalue weighted by atomic mass is 10.0. The van der Waals surface area contributed by atoms with Crippen LogP contribution in [0.3, 0.4) is 0 Å². The van der Waals surface area contributed by atoms with E-state index < -0.39 is 0 Å². The molecule has 0 radical (unpaired) electrons. The smallest absolute Gasteiger partial charge is 0.222 e. The van der Waals surface area contributed by atoms with Gasteiger partial charge >= 0.3 is 0 Å². The molecule has 1 aromatic rings. The van der Waals surface area contributed by atoms with Crippen LogP contribution >= 0.6 is 11.8 Å². The first-order chi connectivity index (χ1) is 6.77. The second-order valence-corrected chi connectivity index (χ2v) is 5.05.